The van der Waals surface area contributed by atoms with Gasteiger partial charge in [-0.25, -0.2) is 0 Å². The summed E-state index contributed by atoms with van der Waals surface area (Å²) < 4.78 is 13.3. The largest absolute Gasteiger partial charge is 0.394 e. The molecule has 0 aliphatic carbocycles. The minimum Gasteiger partial charge on any atom is -0.394 e. The Hall–Kier alpha value is -2.02. The first-order valence-electron chi connectivity index (χ1n) is 5.35. The van der Waals surface area contributed by atoms with E-state index >= 15 is 0 Å². The molecule has 6 nitrogen and oxygen atoms in total. The van der Waals surface area contributed by atoms with Gasteiger partial charge in [0.25, 0.3) is 5.91 Å². The normalized spacial score (nSPS) is 11.9. The number of carbonyl (C=O) groups is 1. The van der Waals surface area contributed by atoms with Crippen LogP contribution in [0.3, 0.4) is 0 Å². The molecule has 0 saturated heterocycles. The van der Waals surface area contributed by atoms with Gasteiger partial charge >= 0.3 is 5.69 Å². The number of hydrogen-bond acceptors (Lipinski definition) is 4. The van der Waals surface area contributed by atoms with Gasteiger partial charge in [-0.1, -0.05) is 6.92 Å². The van der Waals surface area contributed by atoms with Crippen molar-refractivity contribution in [2.75, 3.05) is 6.61 Å². The topological polar surface area (TPSA) is 92.5 Å². The number of benzene rings is 1. The Kier molecular flexibility index (Phi) is 4.73. The molecule has 1 atom stereocenters. The summed E-state index contributed by atoms with van der Waals surface area (Å²) in [5.41, 5.74) is -0.703. The van der Waals surface area contributed by atoms with Crippen molar-refractivity contribution < 1.29 is 19.2 Å². The quantitative estimate of drug-likeness (QED) is 0.612. The third-order valence-electron chi connectivity index (χ3n) is 2.45. The fourth-order valence-corrected chi connectivity index (χ4v) is 1.34. The maximum atomic E-state index is 13.3. The van der Waals surface area contributed by atoms with Crippen LogP contribution in [0.25, 0.3) is 0 Å². The van der Waals surface area contributed by atoms with Crippen molar-refractivity contribution >= 4 is 11.6 Å². The van der Waals surface area contributed by atoms with Gasteiger partial charge in [-0.05, 0) is 18.6 Å². The third-order valence-corrected chi connectivity index (χ3v) is 2.45. The lowest BCUT2D eigenvalue weighted by Crippen LogP contribution is -2.36. The molecule has 7 heteroatoms. The molecule has 1 rings (SSSR count). The van der Waals surface area contributed by atoms with Crippen molar-refractivity contribution in [3.8, 4) is 0 Å². The lowest BCUT2D eigenvalue weighted by Gasteiger charge is -2.13. The molecule has 98 valence electrons. The van der Waals surface area contributed by atoms with Crippen LogP contribution < -0.4 is 5.32 Å². The predicted octanol–water partition coefficient (Wildman–Crippen LogP) is 1.23. The molecule has 0 bridgehead atoms. The molecule has 0 saturated carbocycles. The molecule has 0 fully saturated rings. The van der Waals surface area contributed by atoms with Crippen molar-refractivity contribution in [2.45, 2.75) is 19.4 Å². The first-order valence-corrected chi connectivity index (χ1v) is 5.35. The summed E-state index contributed by atoms with van der Waals surface area (Å²) in [6.07, 6.45) is 0.525. The molecule has 1 amide bonds. The van der Waals surface area contributed by atoms with Gasteiger partial charge in [0.1, 0.15) is 0 Å². The number of nitro groups is 1. The van der Waals surface area contributed by atoms with Gasteiger partial charge in [-0.15, -0.1) is 0 Å². The molecule has 1 aromatic rings. The Labute approximate surface area is 103 Å². The highest BCUT2D eigenvalue weighted by atomic mass is 19.1. The number of nitrogens with zero attached hydrogens (tertiary/aromatic N) is 1. The SMILES string of the molecule is CC[C@@H](CO)NC(=O)c1ccc([N+](=O)[O-])c(F)c1. The average Bonchev–Trinajstić information content (AvgIpc) is 2.34. The number of rotatable bonds is 5. The zero-order valence-electron chi connectivity index (χ0n) is 9.72. The summed E-state index contributed by atoms with van der Waals surface area (Å²) in [4.78, 5) is 21.2. The molecular weight excluding hydrogens is 243 g/mol. The molecule has 1 aromatic carbocycles. The number of halogens is 1. The highest BCUT2D eigenvalue weighted by Crippen LogP contribution is 2.18. The van der Waals surface area contributed by atoms with Crippen LogP contribution in [-0.4, -0.2) is 28.6 Å². The zero-order chi connectivity index (χ0) is 13.7. The summed E-state index contributed by atoms with van der Waals surface area (Å²) in [7, 11) is 0. The van der Waals surface area contributed by atoms with Crippen molar-refractivity contribution in [3.05, 3.63) is 39.7 Å². The summed E-state index contributed by atoms with van der Waals surface area (Å²) in [5, 5.41) is 21.8. The van der Waals surface area contributed by atoms with E-state index in [1.165, 1.54) is 6.07 Å². The van der Waals surface area contributed by atoms with Crippen molar-refractivity contribution in [1.29, 1.82) is 0 Å². The van der Waals surface area contributed by atoms with Crippen LogP contribution in [0.4, 0.5) is 10.1 Å². The molecule has 0 unspecified atom stereocenters. The predicted molar refractivity (Wildman–Crippen MR) is 61.7 cm³/mol. The molecule has 18 heavy (non-hydrogen) atoms. The number of amides is 1. The average molecular weight is 256 g/mol. The first-order chi connectivity index (χ1) is 8.49. The van der Waals surface area contributed by atoms with E-state index in [-0.39, 0.29) is 12.2 Å². The fraction of sp³-hybridized carbons (Fsp3) is 0.364. The number of nitrogens with one attached hydrogen (secondary N) is 1. The van der Waals surface area contributed by atoms with Gasteiger partial charge < -0.3 is 10.4 Å². The maximum absolute atomic E-state index is 13.3. The summed E-state index contributed by atoms with van der Waals surface area (Å²) in [6.45, 7) is 1.55. The Morgan fingerprint density at radius 3 is 2.72 bits per heavy atom. The molecule has 0 aliphatic heterocycles. The number of nitro benzene ring substituents is 1. The van der Waals surface area contributed by atoms with Crippen LogP contribution in [0.1, 0.15) is 23.7 Å². The molecular formula is C11H13FN2O4. The van der Waals surface area contributed by atoms with E-state index in [9.17, 15) is 19.3 Å². The molecule has 0 aliphatic rings. The van der Waals surface area contributed by atoms with Crippen LogP contribution >= 0.6 is 0 Å². The summed E-state index contributed by atoms with van der Waals surface area (Å²) in [6, 6.07) is 2.48. The smallest absolute Gasteiger partial charge is 0.304 e. The van der Waals surface area contributed by atoms with E-state index in [0.717, 1.165) is 12.1 Å². The maximum Gasteiger partial charge on any atom is 0.304 e. The Balaban J connectivity index is 2.88. The van der Waals surface area contributed by atoms with Crippen LogP contribution in [0.5, 0.6) is 0 Å². The van der Waals surface area contributed by atoms with Crippen molar-refractivity contribution in [2.24, 2.45) is 0 Å². The van der Waals surface area contributed by atoms with Gasteiger partial charge in [-0.2, -0.15) is 4.39 Å². The molecule has 0 spiro atoms. The lowest BCUT2D eigenvalue weighted by molar-refractivity contribution is -0.387. The Morgan fingerprint density at radius 2 is 2.28 bits per heavy atom. The number of aliphatic hydroxyl groups excluding tert-OH is 1. The lowest BCUT2D eigenvalue weighted by atomic mass is 10.1. The van der Waals surface area contributed by atoms with Crippen molar-refractivity contribution in [1.82, 2.24) is 5.32 Å². The molecule has 0 heterocycles. The number of hydrogen-bond donors (Lipinski definition) is 2. The third kappa shape index (κ3) is 3.24. The molecule has 0 aromatic heterocycles. The van der Waals surface area contributed by atoms with Crippen molar-refractivity contribution in [3.63, 3.8) is 0 Å². The van der Waals surface area contributed by atoms with Gasteiger partial charge in [0.05, 0.1) is 17.6 Å². The van der Waals surface area contributed by atoms with Gasteiger partial charge in [0.15, 0.2) is 0 Å². The van der Waals surface area contributed by atoms with Gasteiger partial charge in [0.2, 0.25) is 5.82 Å². The van der Waals surface area contributed by atoms with E-state index in [4.69, 9.17) is 5.11 Å². The van der Waals surface area contributed by atoms with E-state index in [1.807, 2.05) is 0 Å². The minimum atomic E-state index is -1.07. The van der Waals surface area contributed by atoms with Crippen LogP contribution in [0.15, 0.2) is 18.2 Å². The molecule has 2 N–H and O–H groups in total. The standard InChI is InChI=1S/C11H13FN2O4/c1-2-8(6-15)13-11(16)7-3-4-10(14(17)18)9(12)5-7/h3-5,8,15H,2,6H2,1H3,(H,13,16)/t8-/m0/s1. The highest BCUT2D eigenvalue weighted by molar-refractivity contribution is 5.94. The number of aliphatic hydroxyl groups is 1. The fourth-order valence-electron chi connectivity index (χ4n) is 1.34. The first kappa shape index (κ1) is 14.0. The summed E-state index contributed by atoms with van der Waals surface area (Å²) >= 11 is 0. The molecule has 0 radical (unpaired) electrons. The van der Waals surface area contributed by atoms with Gasteiger partial charge in [-0.3, -0.25) is 14.9 Å². The summed E-state index contributed by atoms with van der Waals surface area (Å²) in [5.74, 6) is -1.64. The van der Waals surface area contributed by atoms with Crippen LogP contribution in [-0.2, 0) is 0 Å². The Bertz CT molecular complexity index is 460. The van der Waals surface area contributed by atoms with Crippen LogP contribution in [0.2, 0.25) is 0 Å². The second kappa shape index (κ2) is 6.06. The van der Waals surface area contributed by atoms with E-state index in [2.05, 4.69) is 5.32 Å². The number of carbonyl (C=O) groups excluding carboxylic acids is 1. The van der Waals surface area contributed by atoms with E-state index in [0.29, 0.717) is 6.42 Å². The second-order valence-electron chi connectivity index (χ2n) is 3.68. The van der Waals surface area contributed by atoms with E-state index in [1.54, 1.807) is 6.92 Å². The Morgan fingerprint density at radius 1 is 1.61 bits per heavy atom. The van der Waals surface area contributed by atoms with Gasteiger partial charge in [0, 0.05) is 11.6 Å². The minimum absolute atomic E-state index is 0.0231. The highest BCUT2D eigenvalue weighted by Gasteiger charge is 2.17. The van der Waals surface area contributed by atoms with E-state index < -0.39 is 28.4 Å². The second-order valence-corrected chi connectivity index (χ2v) is 3.68. The zero-order valence-corrected chi connectivity index (χ0v) is 9.72. The van der Waals surface area contributed by atoms with Crippen LogP contribution in [0, 0.1) is 15.9 Å². The monoisotopic (exact) mass is 256 g/mol.